The average Bonchev–Trinajstić information content (AvgIpc) is 3.23. The third kappa shape index (κ3) is 4.93. The molecule has 0 saturated carbocycles. The fourth-order valence-corrected chi connectivity index (χ4v) is 3.48. The number of aromatic nitrogens is 4. The quantitative estimate of drug-likeness (QED) is 0.347. The van der Waals surface area contributed by atoms with Crippen molar-refractivity contribution in [3.63, 3.8) is 0 Å². The van der Waals surface area contributed by atoms with E-state index in [-0.39, 0.29) is 5.82 Å². The highest BCUT2D eigenvalue weighted by Crippen LogP contribution is 2.31. The van der Waals surface area contributed by atoms with Crippen molar-refractivity contribution in [3.05, 3.63) is 77.2 Å². The van der Waals surface area contributed by atoms with Gasteiger partial charge in [0.1, 0.15) is 5.03 Å². The minimum atomic E-state index is -4.38. The smallest absolute Gasteiger partial charge is 0.338 e. The Labute approximate surface area is 180 Å². The number of aryl methyl sites for hydroxylation is 2. The predicted octanol–water partition coefficient (Wildman–Crippen LogP) is 6.12. The van der Waals surface area contributed by atoms with E-state index < -0.39 is 11.7 Å². The van der Waals surface area contributed by atoms with E-state index in [1.54, 1.807) is 0 Å². The Morgan fingerprint density at radius 2 is 1.61 bits per heavy atom. The first-order chi connectivity index (χ1) is 14.8. The fourth-order valence-electron chi connectivity index (χ4n) is 2.83. The highest BCUT2D eigenvalue weighted by Gasteiger charge is 2.30. The van der Waals surface area contributed by atoms with Crippen molar-refractivity contribution in [1.29, 1.82) is 0 Å². The molecule has 9 heteroatoms. The van der Waals surface area contributed by atoms with Crippen LogP contribution in [0, 0.1) is 13.8 Å². The van der Waals surface area contributed by atoms with Crippen molar-refractivity contribution in [3.8, 4) is 22.6 Å². The van der Waals surface area contributed by atoms with Crippen molar-refractivity contribution in [1.82, 2.24) is 20.3 Å². The first kappa shape index (κ1) is 21.0. The summed E-state index contributed by atoms with van der Waals surface area (Å²) in [5.74, 6) is 0.950. The van der Waals surface area contributed by atoms with Crippen LogP contribution in [-0.2, 0) is 11.9 Å². The van der Waals surface area contributed by atoms with Gasteiger partial charge in [0.2, 0.25) is 11.7 Å². The lowest BCUT2D eigenvalue weighted by Gasteiger charge is -2.05. The largest absolute Gasteiger partial charge is 0.416 e. The van der Waals surface area contributed by atoms with Gasteiger partial charge < -0.3 is 4.52 Å². The lowest BCUT2D eigenvalue weighted by Crippen LogP contribution is -2.04. The molecule has 0 radical (unpaired) electrons. The molecule has 4 rings (SSSR count). The SMILES string of the molecule is Cc1ccc(-c2ccc(SCc3nc(-c4ccc(C(F)(F)F)cc4)no3)nn2)cc1C. The summed E-state index contributed by atoms with van der Waals surface area (Å²) >= 11 is 1.38. The van der Waals surface area contributed by atoms with Gasteiger partial charge in [-0.3, -0.25) is 0 Å². The molecule has 2 heterocycles. The van der Waals surface area contributed by atoms with E-state index in [2.05, 4.69) is 46.3 Å². The van der Waals surface area contributed by atoms with Gasteiger partial charge in [-0.25, -0.2) is 0 Å². The van der Waals surface area contributed by atoms with Gasteiger partial charge in [-0.1, -0.05) is 41.2 Å². The Hall–Kier alpha value is -3.20. The highest BCUT2D eigenvalue weighted by molar-refractivity contribution is 7.98. The van der Waals surface area contributed by atoms with E-state index in [0.29, 0.717) is 22.2 Å². The van der Waals surface area contributed by atoms with E-state index in [0.717, 1.165) is 23.4 Å². The van der Waals surface area contributed by atoms with E-state index in [1.807, 2.05) is 18.2 Å². The Morgan fingerprint density at radius 3 is 2.26 bits per heavy atom. The first-order valence-corrected chi connectivity index (χ1v) is 10.3. The summed E-state index contributed by atoms with van der Waals surface area (Å²) in [7, 11) is 0. The summed E-state index contributed by atoms with van der Waals surface area (Å²) in [5, 5.41) is 13.1. The highest BCUT2D eigenvalue weighted by atomic mass is 32.2. The van der Waals surface area contributed by atoms with Gasteiger partial charge in [-0.05, 0) is 55.3 Å². The molecule has 0 aliphatic carbocycles. The van der Waals surface area contributed by atoms with Gasteiger partial charge in [0.25, 0.3) is 0 Å². The van der Waals surface area contributed by atoms with Crippen LogP contribution < -0.4 is 0 Å². The molecule has 0 amide bonds. The van der Waals surface area contributed by atoms with Gasteiger partial charge in [0, 0.05) is 11.1 Å². The average molecular weight is 442 g/mol. The molecule has 2 aromatic heterocycles. The van der Waals surface area contributed by atoms with Crippen molar-refractivity contribution in [2.75, 3.05) is 0 Å². The lowest BCUT2D eigenvalue weighted by atomic mass is 10.0. The monoisotopic (exact) mass is 442 g/mol. The number of thioether (sulfide) groups is 1. The first-order valence-electron chi connectivity index (χ1n) is 9.34. The van der Waals surface area contributed by atoms with Gasteiger partial charge in [0.05, 0.1) is 17.0 Å². The van der Waals surface area contributed by atoms with Crippen LogP contribution in [0.3, 0.4) is 0 Å². The molecule has 4 aromatic rings. The summed E-state index contributed by atoms with van der Waals surface area (Å²) in [6.07, 6.45) is -4.38. The van der Waals surface area contributed by atoms with Crippen LogP contribution >= 0.6 is 11.8 Å². The maximum absolute atomic E-state index is 12.7. The molecule has 158 valence electrons. The molecule has 0 saturated heterocycles. The Kier molecular flexibility index (Phi) is 5.77. The standard InChI is InChI=1S/C22H17F3N4OS/c1-13-3-4-16(11-14(13)2)18-9-10-20(28-27-18)31-12-19-26-21(29-30-19)15-5-7-17(8-6-15)22(23,24)25/h3-11H,12H2,1-2H3. The van der Waals surface area contributed by atoms with Crippen molar-refractivity contribution < 1.29 is 17.7 Å². The number of nitrogens with zero attached hydrogens (tertiary/aromatic N) is 4. The van der Waals surface area contributed by atoms with E-state index in [9.17, 15) is 13.2 Å². The zero-order chi connectivity index (χ0) is 22.0. The third-order valence-electron chi connectivity index (χ3n) is 4.72. The molecular weight excluding hydrogens is 425 g/mol. The minimum absolute atomic E-state index is 0.237. The van der Waals surface area contributed by atoms with Gasteiger partial charge in [-0.15, -0.1) is 10.2 Å². The van der Waals surface area contributed by atoms with Gasteiger partial charge in [-0.2, -0.15) is 18.2 Å². The lowest BCUT2D eigenvalue weighted by molar-refractivity contribution is -0.137. The second kappa shape index (κ2) is 8.50. The van der Waals surface area contributed by atoms with Crippen molar-refractivity contribution in [2.24, 2.45) is 0 Å². The molecule has 0 bridgehead atoms. The topological polar surface area (TPSA) is 64.7 Å². The molecule has 0 N–H and O–H groups in total. The maximum Gasteiger partial charge on any atom is 0.416 e. The van der Waals surface area contributed by atoms with Crippen LogP contribution in [0.1, 0.15) is 22.6 Å². The van der Waals surface area contributed by atoms with Crippen molar-refractivity contribution in [2.45, 2.75) is 30.8 Å². The van der Waals surface area contributed by atoms with E-state index in [1.165, 1.54) is 35.0 Å². The number of halogens is 3. The number of hydrogen-bond acceptors (Lipinski definition) is 6. The van der Waals surface area contributed by atoms with Gasteiger partial charge in [0.15, 0.2) is 0 Å². The Balaban J connectivity index is 1.40. The zero-order valence-corrected chi connectivity index (χ0v) is 17.5. The molecule has 0 spiro atoms. The maximum atomic E-state index is 12.7. The van der Waals surface area contributed by atoms with Crippen LogP contribution in [0.25, 0.3) is 22.6 Å². The second-order valence-electron chi connectivity index (χ2n) is 6.93. The summed E-state index contributed by atoms with van der Waals surface area (Å²) in [6, 6.07) is 14.5. The predicted molar refractivity (Wildman–Crippen MR) is 111 cm³/mol. The summed E-state index contributed by atoms with van der Waals surface area (Å²) in [6.45, 7) is 4.12. The fraction of sp³-hybridized carbons (Fsp3) is 0.182. The summed E-state index contributed by atoms with van der Waals surface area (Å²) < 4.78 is 43.2. The van der Waals surface area contributed by atoms with E-state index >= 15 is 0 Å². The third-order valence-corrected chi connectivity index (χ3v) is 5.63. The van der Waals surface area contributed by atoms with Crippen LogP contribution in [0.5, 0.6) is 0 Å². The van der Waals surface area contributed by atoms with Crippen LogP contribution in [0.15, 0.2) is 64.1 Å². The number of alkyl halides is 3. The number of benzene rings is 2. The zero-order valence-electron chi connectivity index (χ0n) is 16.6. The molecule has 0 atom stereocenters. The molecule has 5 nitrogen and oxygen atoms in total. The molecule has 0 aliphatic heterocycles. The summed E-state index contributed by atoms with van der Waals surface area (Å²) in [5.41, 5.74) is 3.93. The summed E-state index contributed by atoms with van der Waals surface area (Å²) in [4.78, 5) is 4.24. The number of hydrogen-bond donors (Lipinski definition) is 0. The van der Waals surface area contributed by atoms with E-state index in [4.69, 9.17) is 4.52 Å². The van der Waals surface area contributed by atoms with Gasteiger partial charge >= 0.3 is 6.18 Å². The Morgan fingerprint density at radius 1 is 0.871 bits per heavy atom. The molecule has 0 aliphatic rings. The number of rotatable bonds is 5. The molecule has 2 aromatic carbocycles. The Bertz CT molecular complexity index is 1190. The van der Waals surface area contributed by atoms with Crippen LogP contribution in [0.4, 0.5) is 13.2 Å². The molecule has 0 fully saturated rings. The van der Waals surface area contributed by atoms with Crippen molar-refractivity contribution >= 4 is 11.8 Å². The normalized spacial score (nSPS) is 11.6. The molecule has 0 unspecified atom stereocenters. The molecular formula is C22H17F3N4OS. The molecule has 31 heavy (non-hydrogen) atoms. The second-order valence-corrected chi connectivity index (χ2v) is 7.93. The van der Waals surface area contributed by atoms with Crippen LogP contribution in [0.2, 0.25) is 0 Å². The minimum Gasteiger partial charge on any atom is -0.338 e. The van der Waals surface area contributed by atoms with Crippen LogP contribution in [-0.4, -0.2) is 20.3 Å².